The van der Waals surface area contributed by atoms with Gasteiger partial charge in [-0.15, -0.1) is 0 Å². The molecule has 1 aromatic carbocycles. The molecule has 100 valence electrons. The number of hydrogen-bond donors (Lipinski definition) is 1. The van der Waals surface area contributed by atoms with Crippen LogP contribution in [-0.2, 0) is 10.2 Å². The van der Waals surface area contributed by atoms with E-state index in [2.05, 4.69) is 10.2 Å². The van der Waals surface area contributed by atoms with Crippen LogP contribution in [-0.4, -0.2) is 26.1 Å². The minimum absolute atomic E-state index is 0.0598. The van der Waals surface area contributed by atoms with Gasteiger partial charge in [0, 0.05) is 5.41 Å². The van der Waals surface area contributed by atoms with E-state index in [4.69, 9.17) is 5.11 Å². The Labute approximate surface area is 111 Å². The molecule has 0 aliphatic heterocycles. The average Bonchev–Trinajstić information content (AvgIpc) is 2.74. The maximum Gasteiger partial charge on any atom is 0.304 e. The van der Waals surface area contributed by atoms with Gasteiger partial charge in [0.05, 0.1) is 24.0 Å². The van der Waals surface area contributed by atoms with Gasteiger partial charge in [0.1, 0.15) is 0 Å². The van der Waals surface area contributed by atoms with Gasteiger partial charge in [-0.25, -0.2) is 0 Å². The second-order valence-corrected chi connectivity index (χ2v) is 5.25. The van der Waals surface area contributed by atoms with Gasteiger partial charge in [-0.1, -0.05) is 32.0 Å². The number of para-hydroxylation sites is 1. The van der Waals surface area contributed by atoms with Crippen LogP contribution >= 0.6 is 0 Å². The molecule has 0 aliphatic carbocycles. The number of aliphatic carboxylic acids is 1. The number of carbonyl (C=O) groups is 1. The molecule has 0 aliphatic rings. The number of aryl methyl sites for hydroxylation is 1. The molecule has 0 radical (unpaired) electrons. The summed E-state index contributed by atoms with van der Waals surface area (Å²) in [6.07, 6.45) is 1.74. The molecule has 2 aromatic rings. The first kappa shape index (κ1) is 13.3. The normalized spacial score (nSPS) is 11.5. The van der Waals surface area contributed by atoms with Crippen LogP contribution in [0.1, 0.15) is 31.5 Å². The Kier molecular flexibility index (Phi) is 3.38. The number of nitrogens with zero attached hydrogens (tertiary/aromatic N) is 3. The number of benzene rings is 1. The number of aromatic nitrogens is 3. The predicted molar refractivity (Wildman–Crippen MR) is 71.4 cm³/mol. The molecule has 0 bridgehead atoms. The lowest BCUT2D eigenvalue weighted by Crippen LogP contribution is -2.24. The van der Waals surface area contributed by atoms with Gasteiger partial charge < -0.3 is 5.11 Å². The maximum absolute atomic E-state index is 11.0. The molecule has 5 nitrogen and oxygen atoms in total. The third-order valence-electron chi connectivity index (χ3n) is 3.05. The van der Waals surface area contributed by atoms with E-state index >= 15 is 0 Å². The van der Waals surface area contributed by atoms with E-state index in [1.165, 1.54) is 0 Å². The molecule has 19 heavy (non-hydrogen) atoms. The van der Waals surface area contributed by atoms with Crippen LogP contribution in [0.15, 0.2) is 30.5 Å². The van der Waals surface area contributed by atoms with Gasteiger partial charge in [0.25, 0.3) is 0 Å². The van der Waals surface area contributed by atoms with Crippen LogP contribution in [0.3, 0.4) is 0 Å². The minimum Gasteiger partial charge on any atom is -0.481 e. The van der Waals surface area contributed by atoms with Crippen LogP contribution < -0.4 is 0 Å². The molecular formula is C14H17N3O2. The summed E-state index contributed by atoms with van der Waals surface area (Å²) in [6, 6.07) is 7.63. The van der Waals surface area contributed by atoms with Crippen LogP contribution in [0.4, 0.5) is 0 Å². The monoisotopic (exact) mass is 259 g/mol. The Hall–Kier alpha value is -2.17. The number of carboxylic acid groups (broad SMARTS) is 1. The molecule has 0 unspecified atom stereocenters. The molecule has 0 spiro atoms. The Morgan fingerprint density at radius 1 is 1.37 bits per heavy atom. The van der Waals surface area contributed by atoms with Crippen molar-refractivity contribution in [3.05, 3.63) is 41.7 Å². The summed E-state index contributed by atoms with van der Waals surface area (Å²) in [7, 11) is 0. The van der Waals surface area contributed by atoms with Crippen molar-refractivity contribution in [2.24, 2.45) is 0 Å². The lowest BCUT2D eigenvalue weighted by molar-refractivity contribution is -0.138. The van der Waals surface area contributed by atoms with Crippen LogP contribution in [0.5, 0.6) is 0 Å². The number of rotatable bonds is 4. The van der Waals surface area contributed by atoms with Gasteiger partial charge in [-0.3, -0.25) is 4.79 Å². The highest BCUT2D eigenvalue weighted by molar-refractivity contribution is 5.69. The molecule has 5 heteroatoms. The zero-order valence-electron chi connectivity index (χ0n) is 11.3. The summed E-state index contributed by atoms with van der Waals surface area (Å²) < 4.78 is 0. The van der Waals surface area contributed by atoms with Gasteiger partial charge in [-0.2, -0.15) is 15.0 Å². The van der Waals surface area contributed by atoms with Crippen LogP contribution in [0.25, 0.3) is 5.69 Å². The highest BCUT2D eigenvalue weighted by Gasteiger charge is 2.27. The van der Waals surface area contributed by atoms with Crippen molar-refractivity contribution in [2.75, 3.05) is 0 Å². The third kappa shape index (κ3) is 2.81. The lowest BCUT2D eigenvalue weighted by atomic mass is 9.80. The second-order valence-electron chi connectivity index (χ2n) is 5.25. The quantitative estimate of drug-likeness (QED) is 0.915. The Morgan fingerprint density at radius 2 is 2.05 bits per heavy atom. The summed E-state index contributed by atoms with van der Waals surface area (Å²) >= 11 is 0. The van der Waals surface area contributed by atoms with Crippen molar-refractivity contribution in [3.8, 4) is 5.69 Å². The molecule has 1 heterocycles. The lowest BCUT2D eigenvalue weighted by Gasteiger charge is -2.25. The topological polar surface area (TPSA) is 68.0 Å². The molecule has 0 saturated carbocycles. The van der Waals surface area contributed by atoms with Crippen molar-refractivity contribution >= 4 is 5.97 Å². The van der Waals surface area contributed by atoms with Gasteiger partial charge >= 0.3 is 5.97 Å². The van der Waals surface area contributed by atoms with Crippen molar-refractivity contribution in [1.82, 2.24) is 15.0 Å². The predicted octanol–water partition coefficient (Wildman–Crippen LogP) is 2.33. The molecule has 0 atom stereocenters. The first-order valence-electron chi connectivity index (χ1n) is 6.11. The SMILES string of the molecule is Cc1cnn(-c2ccccc2C(C)(C)CC(=O)O)n1. The van der Waals surface area contributed by atoms with Crippen LogP contribution in [0, 0.1) is 6.92 Å². The molecule has 0 amide bonds. The van der Waals surface area contributed by atoms with Gasteiger partial charge in [0.15, 0.2) is 0 Å². The Morgan fingerprint density at radius 3 is 2.63 bits per heavy atom. The van der Waals surface area contributed by atoms with Crippen molar-refractivity contribution < 1.29 is 9.90 Å². The zero-order chi connectivity index (χ0) is 14.0. The summed E-state index contributed by atoms with van der Waals surface area (Å²) in [5.41, 5.74) is 2.09. The molecular weight excluding hydrogens is 242 g/mol. The van der Waals surface area contributed by atoms with Crippen molar-refractivity contribution in [2.45, 2.75) is 32.6 Å². The molecule has 0 saturated heterocycles. The Balaban J connectivity index is 2.50. The first-order chi connectivity index (χ1) is 8.90. The first-order valence-corrected chi connectivity index (χ1v) is 6.11. The number of carboxylic acids is 1. The molecule has 1 N–H and O–H groups in total. The largest absolute Gasteiger partial charge is 0.481 e. The second kappa shape index (κ2) is 4.84. The summed E-state index contributed by atoms with van der Waals surface area (Å²) in [5.74, 6) is -0.815. The maximum atomic E-state index is 11.0. The highest BCUT2D eigenvalue weighted by atomic mass is 16.4. The van der Waals surface area contributed by atoms with E-state index in [0.717, 1.165) is 16.9 Å². The van der Waals surface area contributed by atoms with Gasteiger partial charge in [0.2, 0.25) is 0 Å². The fourth-order valence-electron chi connectivity index (χ4n) is 2.15. The Bertz CT molecular complexity index is 602. The minimum atomic E-state index is -0.815. The molecule has 2 rings (SSSR count). The van der Waals surface area contributed by atoms with E-state index in [1.807, 2.05) is 45.0 Å². The summed E-state index contributed by atoms with van der Waals surface area (Å²) in [4.78, 5) is 12.6. The molecule has 0 fully saturated rings. The van der Waals surface area contributed by atoms with Gasteiger partial charge in [-0.05, 0) is 18.6 Å². The van der Waals surface area contributed by atoms with Crippen LogP contribution in [0.2, 0.25) is 0 Å². The fraction of sp³-hybridized carbons (Fsp3) is 0.357. The van der Waals surface area contributed by atoms with E-state index < -0.39 is 11.4 Å². The smallest absolute Gasteiger partial charge is 0.304 e. The summed E-state index contributed by atoms with van der Waals surface area (Å²) in [6.45, 7) is 5.70. The average molecular weight is 259 g/mol. The van der Waals surface area contributed by atoms with Crippen molar-refractivity contribution in [1.29, 1.82) is 0 Å². The number of hydrogen-bond acceptors (Lipinski definition) is 3. The third-order valence-corrected chi connectivity index (χ3v) is 3.05. The summed E-state index contributed by atoms with van der Waals surface area (Å²) in [5, 5.41) is 17.5. The highest BCUT2D eigenvalue weighted by Crippen LogP contribution is 2.31. The van der Waals surface area contributed by atoms with E-state index in [0.29, 0.717) is 0 Å². The standard InChI is InChI=1S/C14H17N3O2/c1-10-9-15-17(16-10)12-7-5-4-6-11(12)14(2,3)8-13(18)19/h4-7,9H,8H2,1-3H3,(H,18,19). The fourth-order valence-corrected chi connectivity index (χ4v) is 2.15. The van der Waals surface area contributed by atoms with Crippen molar-refractivity contribution in [3.63, 3.8) is 0 Å². The van der Waals surface area contributed by atoms with E-state index in [9.17, 15) is 4.79 Å². The molecule has 1 aromatic heterocycles. The van der Waals surface area contributed by atoms with E-state index in [1.54, 1.807) is 11.0 Å². The zero-order valence-corrected chi connectivity index (χ0v) is 11.3. The van der Waals surface area contributed by atoms with E-state index in [-0.39, 0.29) is 6.42 Å².